The minimum atomic E-state index is -3.98. The number of carbonyl (C=O) groups excluding carboxylic acids is 1. The van der Waals surface area contributed by atoms with Gasteiger partial charge in [-0.3, -0.25) is 4.79 Å². The molecule has 28 heavy (non-hydrogen) atoms. The van der Waals surface area contributed by atoms with Gasteiger partial charge < -0.3 is 15.1 Å². The Kier molecular flexibility index (Phi) is 6.07. The lowest BCUT2D eigenvalue weighted by Crippen LogP contribution is -2.30. The van der Waals surface area contributed by atoms with E-state index in [4.69, 9.17) is 16.6 Å². The first-order valence-electron chi connectivity index (χ1n) is 8.23. The van der Waals surface area contributed by atoms with Crippen molar-refractivity contribution in [3.05, 3.63) is 84.3 Å². The first-order valence-corrected chi connectivity index (χ1v) is 10.1. The van der Waals surface area contributed by atoms with Crippen LogP contribution in [0.4, 0.5) is 5.69 Å². The molecular formula is C19H17N3O4S2. The van der Waals surface area contributed by atoms with Crippen LogP contribution in [0.25, 0.3) is 0 Å². The van der Waals surface area contributed by atoms with Crippen molar-refractivity contribution in [3.8, 4) is 0 Å². The molecule has 0 radical (unpaired) electrons. The number of benzene rings is 2. The highest BCUT2D eigenvalue weighted by Crippen LogP contribution is 2.14. The van der Waals surface area contributed by atoms with Crippen LogP contribution in [0.2, 0.25) is 0 Å². The van der Waals surface area contributed by atoms with E-state index in [1.807, 2.05) is 10.8 Å². The van der Waals surface area contributed by atoms with E-state index >= 15 is 0 Å². The van der Waals surface area contributed by atoms with Crippen molar-refractivity contribution in [2.45, 2.75) is 11.4 Å². The zero-order valence-electron chi connectivity index (χ0n) is 14.6. The number of furan rings is 1. The number of hydrogen-bond acceptors (Lipinski definition) is 5. The zero-order valence-corrected chi connectivity index (χ0v) is 16.2. The van der Waals surface area contributed by atoms with Gasteiger partial charge in [0.15, 0.2) is 5.11 Å². The molecule has 3 rings (SSSR count). The lowest BCUT2D eigenvalue weighted by molar-refractivity contribution is 0.0981. The summed E-state index contributed by atoms with van der Waals surface area (Å²) in [6.45, 7) is 0.427. The minimum absolute atomic E-state index is 0.0307. The molecule has 0 atom stereocenters. The summed E-state index contributed by atoms with van der Waals surface area (Å²) in [6, 6.07) is 17.6. The van der Waals surface area contributed by atoms with Gasteiger partial charge in [0.05, 0.1) is 17.7 Å². The van der Waals surface area contributed by atoms with E-state index in [-0.39, 0.29) is 10.5 Å². The summed E-state index contributed by atoms with van der Waals surface area (Å²) in [4.78, 5) is 12.0. The summed E-state index contributed by atoms with van der Waals surface area (Å²) in [7, 11) is -3.98. The van der Waals surface area contributed by atoms with Crippen LogP contribution in [-0.4, -0.2) is 19.4 Å². The van der Waals surface area contributed by atoms with Gasteiger partial charge >= 0.3 is 0 Å². The second-order valence-electron chi connectivity index (χ2n) is 5.71. The summed E-state index contributed by atoms with van der Waals surface area (Å²) in [5.41, 5.74) is 0.864. The van der Waals surface area contributed by atoms with Crippen LogP contribution in [0, 0.1) is 0 Å². The van der Waals surface area contributed by atoms with E-state index in [9.17, 15) is 13.2 Å². The van der Waals surface area contributed by atoms with Crippen LogP contribution >= 0.6 is 12.2 Å². The lowest BCUT2D eigenvalue weighted by atomic mass is 10.2. The molecule has 0 bridgehead atoms. The highest BCUT2D eigenvalue weighted by atomic mass is 32.2. The van der Waals surface area contributed by atoms with Gasteiger partial charge in [0.2, 0.25) is 0 Å². The van der Waals surface area contributed by atoms with Crippen LogP contribution in [0.3, 0.4) is 0 Å². The number of rotatable bonds is 6. The van der Waals surface area contributed by atoms with E-state index in [0.717, 1.165) is 5.76 Å². The Morgan fingerprint density at radius 2 is 1.68 bits per heavy atom. The molecule has 0 aliphatic carbocycles. The fourth-order valence-electron chi connectivity index (χ4n) is 2.30. The third-order valence-electron chi connectivity index (χ3n) is 3.69. The first kappa shape index (κ1) is 19.6. The van der Waals surface area contributed by atoms with Crippen molar-refractivity contribution in [2.24, 2.45) is 0 Å². The second kappa shape index (κ2) is 8.68. The summed E-state index contributed by atoms with van der Waals surface area (Å²) >= 11 is 5.19. The van der Waals surface area contributed by atoms with Gasteiger partial charge in [0, 0.05) is 11.3 Å². The zero-order chi connectivity index (χ0) is 20.0. The molecule has 0 saturated carbocycles. The van der Waals surface area contributed by atoms with E-state index in [1.165, 1.54) is 24.3 Å². The maximum atomic E-state index is 12.4. The van der Waals surface area contributed by atoms with E-state index < -0.39 is 15.9 Å². The average molecular weight is 415 g/mol. The average Bonchev–Trinajstić information content (AvgIpc) is 3.21. The number of hydrogen-bond donors (Lipinski definition) is 3. The number of sulfonamides is 1. The number of thiocarbonyl (C=S) groups is 1. The number of nitrogens with one attached hydrogen (secondary N) is 3. The SMILES string of the molecule is O=C(NS(=O)(=O)c1ccc(NC(=S)NCc2ccco2)cc1)c1ccccc1. The second-order valence-corrected chi connectivity index (χ2v) is 7.80. The molecule has 0 aliphatic rings. The van der Waals surface area contributed by atoms with Gasteiger partial charge in [-0.2, -0.15) is 0 Å². The van der Waals surface area contributed by atoms with Gasteiger partial charge in [-0.15, -0.1) is 0 Å². The normalized spacial score (nSPS) is 10.9. The molecule has 0 spiro atoms. The highest BCUT2D eigenvalue weighted by Gasteiger charge is 2.18. The van der Waals surface area contributed by atoms with Crippen LogP contribution < -0.4 is 15.4 Å². The molecule has 144 valence electrons. The number of anilines is 1. The van der Waals surface area contributed by atoms with Gasteiger partial charge in [-0.05, 0) is 60.7 Å². The fraction of sp³-hybridized carbons (Fsp3) is 0.0526. The largest absolute Gasteiger partial charge is 0.467 e. The molecule has 0 unspecified atom stereocenters. The smallest absolute Gasteiger partial charge is 0.264 e. The summed E-state index contributed by atoms with van der Waals surface area (Å²) < 4.78 is 32.0. The predicted molar refractivity (Wildman–Crippen MR) is 109 cm³/mol. The van der Waals surface area contributed by atoms with Gasteiger partial charge in [0.1, 0.15) is 5.76 Å². The van der Waals surface area contributed by atoms with E-state index in [2.05, 4.69) is 10.6 Å². The van der Waals surface area contributed by atoms with Gasteiger partial charge in [0.25, 0.3) is 15.9 Å². The molecule has 0 saturated heterocycles. The predicted octanol–water partition coefficient (Wildman–Crippen LogP) is 2.88. The summed E-state index contributed by atoms with van der Waals surface area (Å²) in [5.74, 6) is 0.0471. The Morgan fingerprint density at radius 3 is 2.32 bits per heavy atom. The van der Waals surface area contributed by atoms with Gasteiger partial charge in [-0.1, -0.05) is 18.2 Å². The Bertz CT molecular complexity index is 1050. The van der Waals surface area contributed by atoms with E-state index in [0.29, 0.717) is 17.3 Å². The Balaban J connectivity index is 1.59. The lowest BCUT2D eigenvalue weighted by Gasteiger charge is -2.11. The molecule has 1 aromatic heterocycles. The van der Waals surface area contributed by atoms with Crippen LogP contribution in [0.1, 0.15) is 16.1 Å². The molecule has 0 aliphatic heterocycles. The van der Waals surface area contributed by atoms with Crippen LogP contribution in [0.5, 0.6) is 0 Å². The molecule has 7 nitrogen and oxygen atoms in total. The number of carbonyl (C=O) groups is 1. The molecule has 9 heteroatoms. The van der Waals surface area contributed by atoms with Gasteiger partial charge in [-0.25, -0.2) is 13.1 Å². The Morgan fingerprint density at radius 1 is 0.964 bits per heavy atom. The Labute approximate surface area is 167 Å². The number of amides is 1. The molecular weight excluding hydrogens is 398 g/mol. The highest BCUT2D eigenvalue weighted by molar-refractivity contribution is 7.90. The van der Waals surface area contributed by atoms with Crippen molar-refractivity contribution in [3.63, 3.8) is 0 Å². The molecule has 3 N–H and O–H groups in total. The van der Waals surface area contributed by atoms with Crippen LogP contribution in [0.15, 0.2) is 82.3 Å². The van der Waals surface area contributed by atoms with Crippen molar-refractivity contribution >= 4 is 38.9 Å². The van der Waals surface area contributed by atoms with Crippen molar-refractivity contribution in [1.29, 1.82) is 0 Å². The van der Waals surface area contributed by atoms with Crippen molar-refractivity contribution < 1.29 is 17.6 Å². The Hall–Kier alpha value is -3.17. The van der Waals surface area contributed by atoms with E-state index in [1.54, 1.807) is 42.7 Å². The third-order valence-corrected chi connectivity index (χ3v) is 5.28. The molecule has 0 fully saturated rings. The molecule has 3 aromatic rings. The van der Waals surface area contributed by atoms with Crippen molar-refractivity contribution in [1.82, 2.24) is 10.0 Å². The maximum absolute atomic E-state index is 12.4. The first-order chi connectivity index (χ1) is 13.4. The quantitative estimate of drug-likeness (QED) is 0.532. The monoisotopic (exact) mass is 415 g/mol. The third kappa shape index (κ3) is 5.18. The molecule has 1 amide bonds. The molecule has 1 heterocycles. The minimum Gasteiger partial charge on any atom is -0.467 e. The van der Waals surface area contributed by atoms with Crippen LogP contribution in [-0.2, 0) is 16.6 Å². The summed E-state index contributed by atoms with van der Waals surface area (Å²) in [5, 5.41) is 6.29. The van der Waals surface area contributed by atoms with Crippen molar-refractivity contribution in [2.75, 3.05) is 5.32 Å². The topological polar surface area (TPSA) is 100 Å². The fourth-order valence-corrected chi connectivity index (χ4v) is 3.47. The standard InChI is InChI=1S/C19H17N3O4S2/c23-18(14-5-2-1-3-6-14)22-28(24,25)17-10-8-15(9-11-17)21-19(27)20-13-16-7-4-12-26-16/h1-12H,13H2,(H,22,23)(H2,20,21,27). The molecule has 2 aromatic carbocycles. The summed E-state index contributed by atoms with van der Waals surface area (Å²) in [6.07, 6.45) is 1.57. The maximum Gasteiger partial charge on any atom is 0.264 e.